The standard InChI is InChI=1S/C20H21FN4O3/c1-12-7-13(21)5-6-15(12)24-20-14-8-18(28-10-19(26)25(2)3)17(27-4)9-16(14)22-11-23-20/h5-9,11H,10H2,1-4H3,(H,22,23,24). The number of hydrogen-bond acceptors (Lipinski definition) is 6. The Kier molecular flexibility index (Phi) is 5.58. The summed E-state index contributed by atoms with van der Waals surface area (Å²) < 4.78 is 24.4. The quantitative estimate of drug-likeness (QED) is 0.703. The summed E-state index contributed by atoms with van der Waals surface area (Å²) in [4.78, 5) is 21.9. The molecule has 0 aliphatic carbocycles. The van der Waals surface area contributed by atoms with E-state index >= 15 is 0 Å². The number of carbonyl (C=O) groups excluding carboxylic acids is 1. The second kappa shape index (κ2) is 8.08. The average Bonchev–Trinajstić information content (AvgIpc) is 2.67. The fourth-order valence-electron chi connectivity index (χ4n) is 2.60. The molecule has 0 fully saturated rings. The Labute approximate surface area is 162 Å². The number of nitrogens with one attached hydrogen (secondary N) is 1. The Morgan fingerprint density at radius 1 is 1.18 bits per heavy atom. The summed E-state index contributed by atoms with van der Waals surface area (Å²) in [5.74, 6) is 0.917. The molecule has 8 heteroatoms. The number of fused-ring (bicyclic) bond motifs is 1. The molecule has 1 N–H and O–H groups in total. The van der Waals surface area contributed by atoms with E-state index in [1.807, 2.05) is 0 Å². The third-order valence-corrected chi connectivity index (χ3v) is 4.21. The van der Waals surface area contributed by atoms with Crippen molar-refractivity contribution in [1.82, 2.24) is 14.9 Å². The van der Waals surface area contributed by atoms with Gasteiger partial charge in [0.2, 0.25) is 0 Å². The SMILES string of the molecule is COc1cc2ncnc(Nc3ccc(F)cc3C)c2cc1OCC(=O)N(C)C. The number of aromatic nitrogens is 2. The summed E-state index contributed by atoms with van der Waals surface area (Å²) >= 11 is 0. The van der Waals surface area contributed by atoms with Crippen LogP contribution in [0.3, 0.4) is 0 Å². The maximum absolute atomic E-state index is 13.4. The van der Waals surface area contributed by atoms with E-state index in [1.165, 1.54) is 30.5 Å². The topological polar surface area (TPSA) is 76.6 Å². The van der Waals surface area contributed by atoms with Crippen LogP contribution in [0.1, 0.15) is 5.56 Å². The van der Waals surface area contributed by atoms with Gasteiger partial charge in [-0.2, -0.15) is 0 Å². The van der Waals surface area contributed by atoms with E-state index in [1.54, 1.807) is 39.2 Å². The van der Waals surface area contributed by atoms with Gasteiger partial charge in [-0.1, -0.05) is 0 Å². The highest BCUT2D eigenvalue weighted by atomic mass is 19.1. The van der Waals surface area contributed by atoms with E-state index in [-0.39, 0.29) is 18.3 Å². The molecule has 1 aromatic heterocycles. The molecule has 0 bridgehead atoms. The number of benzene rings is 2. The molecular formula is C20H21FN4O3. The van der Waals surface area contributed by atoms with Crippen molar-refractivity contribution >= 4 is 28.3 Å². The predicted octanol–water partition coefficient (Wildman–Crippen LogP) is 3.30. The van der Waals surface area contributed by atoms with Gasteiger partial charge in [0.05, 0.1) is 12.6 Å². The number of ether oxygens (including phenoxy) is 2. The molecule has 2 aromatic carbocycles. The molecule has 0 saturated heterocycles. The Hall–Kier alpha value is -3.42. The van der Waals surface area contributed by atoms with Crippen molar-refractivity contribution in [1.29, 1.82) is 0 Å². The summed E-state index contributed by atoms with van der Waals surface area (Å²) in [6.45, 7) is 1.68. The molecule has 146 valence electrons. The fraction of sp³-hybridized carbons (Fsp3) is 0.250. The van der Waals surface area contributed by atoms with Crippen LogP contribution in [-0.4, -0.2) is 48.6 Å². The lowest BCUT2D eigenvalue weighted by molar-refractivity contribution is -0.130. The largest absolute Gasteiger partial charge is 0.493 e. The number of aryl methyl sites for hydroxylation is 1. The van der Waals surface area contributed by atoms with Crippen LogP contribution in [-0.2, 0) is 4.79 Å². The number of rotatable bonds is 6. The molecule has 0 saturated carbocycles. The zero-order valence-electron chi connectivity index (χ0n) is 16.1. The third kappa shape index (κ3) is 4.11. The molecule has 0 radical (unpaired) electrons. The molecule has 0 spiro atoms. The first kappa shape index (κ1) is 19.3. The van der Waals surface area contributed by atoms with Crippen LogP contribution < -0.4 is 14.8 Å². The van der Waals surface area contributed by atoms with E-state index in [4.69, 9.17) is 9.47 Å². The number of halogens is 1. The first-order chi connectivity index (χ1) is 13.4. The second-order valence-electron chi connectivity index (χ2n) is 6.40. The van der Waals surface area contributed by atoms with Crippen molar-refractivity contribution in [2.24, 2.45) is 0 Å². The van der Waals surface area contributed by atoms with Gasteiger partial charge in [-0.05, 0) is 36.8 Å². The number of nitrogens with zero attached hydrogens (tertiary/aromatic N) is 3. The lowest BCUT2D eigenvalue weighted by Gasteiger charge is -2.15. The van der Waals surface area contributed by atoms with Gasteiger partial charge in [-0.15, -0.1) is 0 Å². The van der Waals surface area contributed by atoms with Gasteiger partial charge in [0.15, 0.2) is 18.1 Å². The van der Waals surface area contributed by atoms with Gasteiger partial charge >= 0.3 is 0 Å². The Bertz CT molecular complexity index is 1020. The number of hydrogen-bond donors (Lipinski definition) is 1. The summed E-state index contributed by atoms with van der Waals surface area (Å²) in [7, 11) is 4.83. The predicted molar refractivity (Wildman–Crippen MR) is 105 cm³/mol. The minimum absolute atomic E-state index is 0.123. The normalized spacial score (nSPS) is 10.6. The van der Waals surface area contributed by atoms with Crippen molar-refractivity contribution in [3.63, 3.8) is 0 Å². The van der Waals surface area contributed by atoms with Crippen molar-refractivity contribution in [3.05, 3.63) is 48.0 Å². The van der Waals surface area contributed by atoms with E-state index in [2.05, 4.69) is 15.3 Å². The Balaban J connectivity index is 1.99. The molecule has 28 heavy (non-hydrogen) atoms. The van der Waals surface area contributed by atoms with Crippen molar-refractivity contribution in [2.45, 2.75) is 6.92 Å². The molecule has 0 aliphatic heterocycles. The highest BCUT2D eigenvalue weighted by Gasteiger charge is 2.14. The van der Waals surface area contributed by atoms with Crippen LogP contribution in [0.25, 0.3) is 10.9 Å². The van der Waals surface area contributed by atoms with E-state index in [9.17, 15) is 9.18 Å². The number of methoxy groups -OCH3 is 1. The van der Waals surface area contributed by atoms with Crippen LogP contribution >= 0.6 is 0 Å². The summed E-state index contributed by atoms with van der Waals surface area (Å²) in [5, 5.41) is 3.88. The molecule has 7 nitrogen and oxygen atoms in total. The summed E-state index contributed by atoms with van der Waals surface area (Å²) in [6.07, 6.45) is 1.43. The maximum Gasteiger partial charge on any atom is 0.259 e. The minimum Gasteiger partial charge on any atom is -0.493 e. The van der Waals surface area contributed by atoms with E-state index in [0.717, 1.165) is 11.3 Å². The lowest BCUT2D eigenvalue weighted by atomic mass is 10.1. The zero-order chi connectivity index (χ0) is 20.3. The van der Waals surface area contributed by atoms with Gasteiger partial charge in [-0.3, -0.25) is 4.79 Å². The Morgan fingerprint density at radius 2 is 1.96 bits per heavy atom. The first-order valence-electron chi connectivity index (χ1n) is 8.58. The van der Waals surface area contributed by atoms with Gasteiger partial charge in [0, 0.05) is 31.2 Å². The van der Waals surface area contributed by atoms with Gasteiger partial charge in [0.1, 0.15) is 18.0 Å². The first-order valence-corrected chi connectivity index (χ1v) is 8.58. The molecular weight excluding hydrogens is 363 g/mol. The van der Waals surface area contributed by atoms with Crippen LogP contribution in [0, 0.1) is 12.7 Å². The smallest absolute Gasteiger partial charge is 0.259 e. The highest BCUT2D eigenvalue weighted by molar-refractivity contribution is 5.93. The average molecular weight is 384 g/mol. The number of carbonyl (C=O) groups is 1. The van der Waals surface area contributed by atoms with Crippen LogP contribution in [0.15, 0.2) is 36.7 Å². The fourth-order valence-corrected chi connectivity index (χ4v) is 2.60. The van der Waals surface area contributed by atoms with Crippen molar-refractivity contribution < 1.29 is 18.7 Å². The summed E-state index contributed by atoms with van der Waals surface area (Å²) in [5.41, 5.74) is 2.11. The molecule has 0 unspecified atom stereocenters. The molecule has 0 atom stereocenters. The van der Waals surface area contributed by atoms with Gasteiger partial charge in [-0.25, -0.2) is 14.4 Å². The zero-order valence-corrected chi connectivity index (χ0v) is 16.1. The van der Waals surface area contributed by atoms with Gasteiger partial charge in [0.25, 0.3) is 5.91 Å². The van der Waals surface area contributed by atoms with Crippen LogP contribution in [0.2, 0.25) is 0 Å². The van der Waals surface area contributed by atoms with E-state index in [0.29, 0.717) is 28.2 Å². The van der Waals surface area contributed by atoms with Crippen LogP contribution in [0.4, 0.5) is 15.9 Å². The van der Waals surface area contributed by atoms with Crippen LogP contribution in [0.5, 0.6) is 11.5 Å². The molecule has 3 rings (SSSR count). The maximum atomic E-state index is 13.4. The summed E-state index contributed by atoms with van der Waals surface area (Å²) in [6, 6.07) is 7.90. The molecule has 1 heterocycles. The second-order valence-corrected chi connectivity index (χ2v) is 6.40. The minimum atomic E-state index is -0.304. The third-order valence-electron chi connectivity index (χ3n) is 4.21. The monoisotopic (exact) mass is 384 g/mol. The number of likely N-dealkylation sites (N-methyl/N-ethyl adjacent to an activating group) is 1. The lowest BCUT2D eigenvalue weighted by Crippen LogP contribution is -2.27. The Morgan fingerprint density at radius 3 is 2.64 bits per heavy atom. The van der Waals surface area contributed by atoms with Gasteiger partial charge < -0.3 is 19.7 Å². The number of amides is 1. The van der Waals surface area contributed by atoms with E-state index < -0.39 is 0 Å². The molecule has 1 amide bonds. The van der Waals surface area contributed by atoms with Crippen molar-refractivity contribution in [3.8, 4) is 11.5 Å². The van der Waals surface area contributed by atoms with Crippen molar-refractivity contribution in [2.75, 3.05) is 33.1 Å². The highest BCUT2D eigenvalue weighted by Crippen LogP contribution is 2.35. The molecule has 0 aliphatic rings. The number of anilines is 2. The molecule has 3 aromatic rings.